The molecule has 1 fully saturated rings. The first-order chi connectivity index (χ1) is 11.1. The van der Waals surface area contributed by atoms with Crippen molar-refractivity contribution in [2.75, 3.05) is 26.2 Å². The van der Waals surface area contributed by atoms with Crippen LogP contribution < -0.4 is 5.73 Å². The molecule has 0 radical (unpaired) electrons. The van der Waals surface area contributed by atoms with Gasteiger partial charge in [-0.15, -0.1) is 0 Å². The van der Waals surface area contributed by atoms with Gasteiger partial charge in [0.2, 0.25) is 0 Å². The monoisotopic (exact) mass is 318 g/mol. The smallest absolute Gasteiger partial charge is 0.138 e. The van der Waals surface area contributed by atoms with Gasteiger partial charge < -0.3 is 10.3 Å². The minimum atomic E-state index is 0.499. The van der Waals surface area contributed by atoms with Gasteiger partial charge in [0.25, 0.3) is 0 Å². The SMILES string of the molecule is Cc1noc(C)c1CN1CCN(Cc2cc(CN)nn2C)CC1. The zero-order chi connectivity index (χ0) is 16.4. The van der Waals surface area contributed by atoms with Crippen LogP contribution in [0.15, 0.2) is 10.6 Å². The lowest BCUT2D eigenvalue weighted by Crippen LogP contribution is -2.45. The molecule has 0 spiro atoms. The molecular formula is C16H26N6O. The standard InChI is InChI=1S/C16H26N6O/c1-12-16(13(2)23-19-12)11-22-6-4-21(5-7-22)10-15-8-14(9-17)18-20(15)3/h8H,4-7,9-11,17H2,1-3H3. The van der Waals surface area contributed by atoms with Gasteiger partial charge in [-0.05, 0) is 19.9 Å². The molecule has 23 heavy (non-hydrogen) atoms. The number of nitrogens with zero attached hydrogens (tertiary/aromatic N) is 5. The molecule has 2 aromatic heterocycles. The summed E-state index contributed by atoms with van der Waals surface area (Å²) in [7, 11) is 1.99. The number of hydrogen-bond acceptors (Lipinski definition) is 6. The van der Waals surface area contributed by atoms with Crippen molar-refractivity contribution in [2.24, 2.45) is 12.8 Å². The van der Waals surface area contributed by atoms with Crippen molar-refractivity contribution in [3.63, 3.8) is 0 Å². The predicted molar refractivity (Wildman–Crippen MR) is 87.6 cm³/mol. The maximum atomic E-state index is 5.66. The molecule has 0 amide bonds. The van der Waals surface area contributed by atoms with Crippen molar-refractivity contribution in [3.05, 3.63) is 34.5 Å². The Morgan fingerprint density at radius 1 is 1.13 bits per heavy atom. The van der Waals surface area contributed by atoms with Crippen LogP contribution >= 0.6 is 0 Å². The van der Waals surface area contributed by atoms with Gasteiger partial charge in [0.1, 0.15) is 5.76 Å². The summed E-state index contributed by atoms with van der Waals surface area (Å²) in [6.45, 7) is 10.6. The number of aromatic nitrogens is 3. The molecule has 3 heterocycles. The molecule has 0 bridgehead atoms. The summed E-state index contributed by atoms with van der Waals surface area (Å²) < 4.78 is 7.20. The molecule has 0 aliphatic carbocycles. The highest BCUT2D eigenvalue weighted by Crippen LogP contribution is 2.17. The van der Waals surface area contributed by atoms with E-state index >= 15 is 0 Å². The van der Waals surface area contributed by atoms with Crippen LogP contribution in [0.2, 0.25) is 0 Å². The highest BCUT2D eigenvalue weighted by atomic mass is 16.5. The molecule has 126 valence electrons. The fourth-order valence-electron chi connectivity index (χ4n) is 3.11. The molecule has 0 saturated carbocycles. The van der Waals surface area contributed by atoms with Crippen molar-refractivity contribution in [1.82, 2.24) is 24.7 Å². The van der Waals surface area contributed by atoms with Crippen LogP contribution in [0.4, 0.5) is 0 Å². The molecule has 3 rings (SSSR count). The van der Waals surface area contributed by atoms with Crippen LogP contribution in [0.25, 0.3) is 0 Å². The zero-order valence-electron chi connectivity index (χ0n) is 14.2. The Hall–Kier alpha value is -1.70. The van der Waals surface area contributed by atoms with E-state index in [1.54, 1.807) is 0 Å². The summed E-state index contributed by atoms with van der Waals surface area (Å²) in [6.07, 6.45) is 0. The Labute approximate surface area is 137 Å². The molecule has 2 aromatic rings. The Morgan fingerprint density at radius 3 is 2.30 bits per heavy atom. The van der Waals surface area contributed by atoms with Crippen molar-refractivity contribution in [1.29, 1.82) is 0 Å². The molecule has 1 aliphatic heterocycles. The second-order valence-corrected chi connectivity index (χ2v) is 6.31. The van der Waals surface area contributed by atoms with E-state index in [-0.39, 0.29) is 0 Å². The van der Waals surface area contributed by atoms with Gasteiger partial charge in [-0.2, -0.15) is 5.10 Å². The molecule has 1 saturated heterocycles. The van der Waals surface area contributed by atoms with Crippen LogP contribution in [0.3, 0.4) is 0 Å². The van der Waals surface area contributed by atoms with Crippen LogP contribution in [-0.4, -0.2) is 50.9 Å². The molecule has 1 aliphatic rings. The molecule has 2 N–H and O–H groups in total. The Balaban J connectivity index is 1.53. The van der Waals surface area contributed by atoms with Crippen LogP contribution in [0.5, 0.6) is 0 Å². The number of rotatable bonds is 5. The van der Waals surface area contributed by atoms with Gasteiger partial charge in [0.15, 0.2) is 0 Å². The van der Waals surface area contributed by atoms with Crippen LogP contribution in [0, 0.1) is 13.8 Å². The third-order valence-corrected chi connectivity index (χ3v) is 4.65. The van der Waals surface area contributed by atoms with Crippen LogP contribution in [0.1, 0.15) is 28.4 Å². The first-order valence-corrected chi connectivity index (χ1v) is 8.15. The van der Waals surface area contributed by atoms with Gasteiger partial charge in [-0.25, -0.2) is 0 Å². The first-order valence-electron chi connectivity index (χ1n) is 8.15. The predicted octanol–water partition coefficient (Wildman–Crippen LogP) is 0.801. The molecule has 7 heteroatoms. The fraction of sp³-hybridized carbons (Fsp3) is 0.625. The Kier molecular flexibility index (Phi) is 4.79. The van der Waals surface area contributed by atoms with Crippen molar-refractivity contribution < 1.29 is 4.52 Å². The highest BCUT2D eigenvalue weighted by molar-refractivity contribution is 5.20. The van der Waals surface area contributed by atoms with Crippen LogP contribution in [-0.2, 0) is 26.7 Å². The van der Waals surface area contributed by atoms with E-state index in [1.807, 2.05) is 25.6 Å². The third kappa shape index (κ3) is 3.63. The number of hydrogen-bond donors (Lipinski definition) is 1. The largest absolute Gasteiger partial charge is 0.361 e. The minimum absolute atomic E-state index is 0.499. The summed E-state index contributed by atoms with van der Waals surface area (Å²) in [5.41, 5.74) is 10.1. The molecule has 0 atom stereocenters. The third-order valence-electron chi connectivity index (χ3n) is 4.65. The molecule has 0 aromatic carbocycles. The van der Waals surface area contributed by atoms with E-state index in [4.69, 9.17) is 10.3 Å². The van der Waals surface area contributed by atoms with Crippen molar-refractivity contribution >= 4 is 0 Å². The van der Waals surface area contributed by atoms with Gasteiger partial charge in [0.05, 0.1) is 17.1 Å². The van der Waals surface area contributed by atoms with E-state index < -0.39 is 0 Å². The summed E-state index contributed by atoms with van der Waals surface area (Å²) in [5.74, 6) is 0.939. The number of aryl methyl sites for hydroxylation is 3. The average molecular weight is 318 g/mol. The average Bonchev–Trinajstić information content (AvgIpc) is 3.06. The topological polar surface area (TPSA) is 76.3 Å². The first kappa shape index (κ1) is 16.2. The van der Waals surface area contributed by atoms with Crippen molar-refractivity contribution in [2.45, 2.75) is 33.5 Å². The van der Waals surface area contributed by atoms with E-state index in [2.05, 4.69) is 26.1 Å². The quantitative estimate of drug-likeness (QED) is 0.879. The van der Waals surface area contributed by atoms with Gasteiger partial charge in [-0.1, -0.05) is 5.16 Å². The fourth-order valence-corrected chi connectivity index (χ4v) is 3.11. The summed E-state index contributed by atoms with van der Waals surface area (Å²) >= 11 is 0. The number of nitrogens with two attached hydrogens (primary N) is 1. The number of piperazine rings is 1. The van der Waals surface area contributed by atoms with Gasteiger partial charge >= 0.3 is 0 Å². The Bertz CT molecular complexity index is 634. The molecule has 0 unspecified atom stereocenters. The summed E-state index contributed by atoms with van der Waals surface area (Å²) in [6, 6.07) is 2.11. The maximum Gasteiger partial charge on any atom is 0.138 e. The summed E-state index contributed by atoms with van der Waals surface area (Å²) in [5, 5.41) is 8.46. The highest BCUT2D eigenvalue weighted by Gasteiger charge is 2.20. The zero-order valence-corrected chi connectivity index (χ0v) is 14.2. The minimum Gasteiger partial charge on any atom is -0.361 e. The second-order valence-electron chi connectivity index (χ2n) is 6.31. The molecule has 7 nitrogen and oxygen atoms in total. The van der Waals surface area contributed by atoms with Gasteiger partial charge in [0, 0.05) is 58.4 Å². The van der Waals surface area contributed by atoms with E-state index in [9.17, 15) is 0 Å². The Morgan fingerprint density at radius 2 is 1.78 bits per heavy atom. The lowest BCUT2D eigenvalue weighted by atomic mass is 10.1. The second kappa shape index (κ2) is 6.82. The molecular weight excluding hydrogens is 292 g/mol. The van der Waals surface area contributed by atoms with Crippen molar-refractivity contribution in [3.8, 4) is 0 Å². The lowest BCUT2D eigenvalue weighted by Gasteiger charge is -2.34. The maximum absolute atomic E-state index is 5.66. The summed E-state index contributed by atoms with van der Waals surface area (Å²) in [4.78, 5) is 4.94. The van der Waals surface area contributed by atoms with E-state index in [0.717, 1.165) is 56.4 Å². The van der Waals surface area contributed by atoms with E-state index in [0.29, 0.717) is 6.54 Å². The van der Waals surface area contributed by atoms with E-state index in [1.165, 1.54) is 11.3 Å². The van der Waals surface area contributed by atoms with Gasteiger partial charge in [-0.3, -0.25) is 14.5 Å². The normalized spacial score (nSPS) is 17.0. The lowest BCUT2D eigenvalue weighted by molar-refractivity contribution is 0.119.